The Kier molecular flexibility index (Phi) is 7.47. The zero-order valence-electron chi connectivity index (χ0n) is 18.5. The number of carbonyl (C=O) groups is 1. The van der Waals surface area contributed by atoms with E-state index in [4.69, 9.17) is 0 Å². The number of hydrogen-bond acceptors (Lipinski definition) is 4. The summed E-state index contributed by atoms with van der Waals surface area (Å²) >= 11 is 0. The lowest BCUT2D eigenvalue weighted by atomic mass is 9.93. The number of aromatic hydroxyl groups is 1. The second kappa shape index (κ2) is 10.7. The molecule has 2 heterocycles. The van der Waals surface area contributed by atoms with Gasteiger partial charge in [-0.05, 0) is 43.5 Å². The van der Waals surface area contributed by atoms with Crippen LogP contribution in [0.25, 0.3) is 0 Å². The van der Waals surface area contributed by atoms with Gasteiger partial charge in [-0.2, -0.15) is 0 Å². The first kappa shape index (κ1) is 21.7. The first-order chi connectivity index (χ1) is 15.2. The number of benzene rings is 2. The van der Waals surface area contributed by atoms with E-state index in [2.05, 4.69) is 26.8 Å². The minimum atomic E-state index is -0.0597. The number of phenols is 1. The van der Waals surface area contributed by atoms with E-state index < -0.39 is 0 Å². The van der Waals surface area contributed by atoms with E-state index in [-0.39, 0.29) is 5.92 Å². The zero-order chi connectivity index (χ0) is 21.5. The van der Waals surface area contributed by atoms with E-state index in [0.29, 0.717) is 11.7 Å². The standard InChI is InChI=1S/C26H35N3O2/c30-25-13-7-6-12-24(25)28-20-18-27(19-21-28)17-14-23(22-10-4-3-5-11-22)26(31)29-15-8-1-2-9-16-29/h3-7,10-13,23,30H,1-2,8-9,14-21H2. The van der Waals surface area contributed by atoms with Crippen LogP contribution in [0.5, 0.6) is 5.75 Å². The fourth-order valence-electron chi connectivity index (χ4n) is 4.89. The topological polar surface area (TPSA) is 47.0 Å². The molecular formula is C26H35N3O2. The van der Waals surface area contributed by atoms with Gasteiger partial charge in [-0.3, -0.25) is 9.69 Å². The minimum Gasteiger partial charge on any atom is -0.506 e. The number of rotatable bonds is 6. The summed E-state index contributed by atoms with van der Waals surface area (Å²) in [6, 6.07) is 17.9. The fourth-order valence-corrected chi connectivity index (χ4v) is 4.89. The highest BCUT2D eigenvalue weighted by atomic mass is 16.3. The van der Waals surface area contributed by atoms with Crippen molar-refractivity contribution in [1.82, 2.24) is 9.80 Å². The molecule has 31 heavy (non-hydrogen) atoms. The largest absolute Gasteiger partial charge is 0.506 e. The lowest BCUT2D eigenvalue weighted by Crippen LogP contribution is -2.47. The minimum absolute atomic E-state index is 0.0597. The summed E-state index contributed by atoms with van der Waals surface area (Å²) in [5.74, 6) is 0.597. The SMILES string of the molecule is O=C(C(CCN1CCN(c2ccccc2O)CC1)c1ccccc1)N1CCCCCC1. The number of anilines is 1. The second-order valence-electron chi connectivity index (χ2n) is 8.81. The fraction of sp³-hybridized carbons (Fsp3) is 0.500. The molecule has 1 unspecified atom stereocenters. The van der Waals surface area contributed by atoms with Gasteiger partial charge in [-0.25, -0.2) is 0 Å². The first-order valence-electron chi connectivity index (χ1n) is 11.8. The molecule has 0 aliphatic carbocycles. The van der Waals surface area contributed by atoms with Gasteiger partial charge in [0.2, 0.25) is 5.91 Å². The van der Waals surface area contributed by atoms with E-state index in [1.165, 1.54) is 12.8 Å². The average Bonchev–Trinajstić information content (AvgIpc) is 3.10. The lowest BCUT2D eigenvalue weighted by molar-refractivity contribution is -0.133. The molecule has 1 N–H and O–H groups in total. The number of phenolic OH excluding ortho intramolecular Hbond substituents is 1. The van der Waals surface area contributed by atoms with Crippen LogP contribution in [0.15, 0.2) is 54.6 Å². The van der Waals surface area contributed by atoms with Crippen LogP contribution in [0, 0.1) is 0 Å². The van der Waals surface area contributed by atoms with E-state index in [0.717, 1.165) is 76.3 Å². The van der Waals surface area contributed by atoms with Crippen LogP contribution >= 0.6 is 0 Å². The number of para-hydroxylation sites is 2. The third-order valence-electron chi connectivity index (χ3n) is 6.75. The third-order valence-corrected chi connectivity index (χ3v) is 6.75. The molecule has 0 spiro atoms. The van der Waals surface area contributed by atoms with Gasteiger partial charge in [-0.15, -0.1) is 0 Å². The third kappa shape index (κ3) is 5.59. The summed E-state index contributed by atoms with van der Waals surface area (Å²) in [7, 11) is 0. The molecule has 1 atom stereocenters. The number of hydrogen-bond donors (Lipinski definition) is 1. The highest BCUT2D eigenvalue weighted by Crippen LogP contribution is 2.28. The van der Waals surface area contributed by atoms with E-state index in [1.807, 2.05) is 36.4 Å². The van der Waals surface area contributed by atoms with E-state index >= 15 is 0 Å². The number of nitrogens with zero attached hydrogens (tertiary/aromatic N) is 3. The Bertz CT molecular complexity index is 826. The lowest BCUT2D eigenvalue weighted by Gasteiger charge is -2.37. The normalized spacial score (nSPS) is 19.1. The van der Waals surface area contributed by atoms with Crippen molar-refractivity contribution < 1.29 is 9.90 Å². The molecule has 0 radical (unpaired) electrons. The highest BCUT2D eigenvalue weighted by molar-refractivity contribution is 5.83. The van der Waals surface area contributed by atoms with Gasteiger partial charge >= 0.3 is 0 Å². The van der Waals surface area contributed by atoms with Crippen molar-refractivity contribution in [3.05, 3.63) is 60.2 Å². The molecule has 5 heteroatoms. The second-order valence-corrected chi connectivity index (χ2v) is 8.81. The number of amides is 1. The molecule has 0 saturated carbocycles. The predicted octanol–water partition coefficient (Wildman–Crippen LogP) is 4.09. The summed E-state index contributed by atoms with van der Waals surface area (Å²) in [4.78, 5) is 20.3. The van der Waals surface area contributed by atoms with Crippen molar-refractivity contribution in [2.24, 2.45) is 0 Å². The van der Waals surface area contributed by atoms with Gasteiger partial charge in [0, 0.05) is 39.3 Å². The van der Waals surface area contributed by atoms with Crippen molar-refractivity contribution in [2.75, 3.05) is 50.7 Å². The molecule has 5 nitrogen and oxygen atoms in total. The predicted molar refractivity (Wildman–Crippen MR) is 126 cm³/mol. The highest BCUT2D eigenvalue weighted by Gasteiger charge is 2.27. The molecule has 2 aromatic carbocycles. The summed E-state index contributed by atoms with van der Waals surface area (Å²) < 4.78 is 0. The molecule has 2 aliphatic heterocycles. The Hall–Kier alpha value is -2.53. The molecule has 4 rings (SSSR count). The molecule has 2 aromatic rings. The maximum absolute atomic E-state index is 13.5. The van der Waals surface area contributed by atoms with Crippen LogP contribution in [0.2, 0.25) is 0 Å². The molecule has 0 bridgehead atoms. The molecule has 0 aromatic heterocycles. The number of likely N-dealkylation sites (tertiary alicyclic amines) is 1. The Balaban J connectivity index is 1.37. The Morgan fingerprint density at radius 3 is 2.13 bits per heavy atom. The van der Waals surface area contributed by atoms with Gasteiger partial charge in [-0.1, -0.05) is 55.3 Å². The molecule has 2 aliphatic rings. The van der Waals surface area contributed by atoms with E-state index in [9.17, 15) is 9.90 Å². The smallest absolute Gasteiger partial charge is 0.230 e. The average molecular weight is 422 g/mol. The van der Waals surface area contributed by atoms with Gasteiger partial charge < -0.3 is 14.9 Å². The maximum atomic E-state index is 13.5. The Morgan fingerprint density at radius 2 is 1.45 bits per heavy atom. The van der Waals surface area contributed by atoms with Crippen molar-refractivity contribution in [3.8, 4) is 5.75 Å². The van der Waals surface area contributed by atoms with Gasteiger partial charge in [0.25, 0.3) is 0 Å². The van der Waals surface area contributed by atoms with Crippen molar-refractivity contribution >= 4 is 11.6 Å². The summed E-state index contributed by atoms with van der Waals surface area (Å²) in [5, 5.41) is 10.1. The summed E-state index contributed by atoms with van der Waals surface area (Å²) in [6.07, 6.45) is 5.58. The molecule has 1 amide bonds. The van der Waals surface area contributed by atoms with Gasteiger partial charge in [0.1, 0.15) is 5.75 Å². The monoisotopic (exact) mass is 421 g/mol. The Labute approximate surface area is 186 Å². The molecule has 2 fully saturated rings. The van der Waals surface area contributed by atoms with Gasteiger partial charge in [0.05, 0.1) is 11.6 Å². The number of carbonyl (C=O) groups excluding carboxylic acids is 1. The van der Waals surface area contributed by atoms with Crippen LogP contribution < -0.4 is 4.90 Å². The van der Waals surface area contributed by atoms with Crippen LogP contribution in [-0.2, 0) is 4.79 Å². The molecular weight excluding hydrogens is 386 g/mol. The maximum Gasteiger partial charge on any atom is 0.230 e. The van der Waals surface area contributed by atoms with Crippen LogP contribution in [-0.4, -0.2) is 66.6 Å². The Morgan fingerprint density at radius 1 is 0.806 bits per heavy atom. The van der Waals surface area contributed by atoms with Crippen LogP contribution in [0.4, 0.5) is 5.69 Å². The molecule has 2 saturated heterocycles. The van der Waals surface area contributed by atoms with Crippen LogP contribution in [0.3, 0.4) is 0 Å². The summed E-state index contributed by atoms with van der Waals surface area (Å²) in [6.45, 7) is 6.43. The van der Waals surface area contributed by atoms with Crippen molar-refractivity contribution in [2.45, 2.75) is 38.0 Å². The zero-order valence-corrected chi connectivity index (χ0v) is 18.5. The molecule has 166 valence electrons. The van der Waals surface area contributed by atoms with E-state index in [1.54, 1.807) is 6.07 Å². The summed E-state index contributed by atoms with van der Waals surface area (Å²) in [5.41, 5.74) is 2.06. The quantitative estimate of drug-likeness (QED) is 0.763. The van der Waals surface area contributed by atoms with Crippen molar-refractivity contribution in [1.29, 1.82) is 0 Å². The van der Waals surface area contributed by atoms with Crippen molar-refractivity contribution in [3.63, 3.8) is 0 Å². The first-order valence-corrected chi connectivity index (χ1v) is 11.8. The van der Waals surface area contributed by atoms with Crippen LogP contribution in [0.1, 0.15) is 43.6 Å². The number of piperazine rings is 1. The van der Waals surface area contributed by atoms with Gasteiger partial charge in [0.15, 0.2) is 0 Å².